The second kappa shape index (κ2) is 7.49. The molecular formula is C21H21NO4. The number of ether oxygens (including phenoxy) is 1. The summed E-state index contributed by atoms with van der Waals surface area (Å²) in [5.41, 5.74) is 6.37. The summed E-state index contributed by atoms with van der Waals surface area (Å²) in [6, 6.07) is 10.9. The molecule has 3 rings (SSSR count). The zero-order chi connectivity index (χ0) is 18.6. The molecule has 0 unspecified atom stereocenters. The number of rotatable bonds is 3. The topological polar surface area (TPSA) is 82.5 Å². The van der Waals surface area contributed by atoms with Crippen LogP contribution in [0.4, 0.5) is 0 Å². The fraction of sp³-hybridized carbons (Fsp3) is 0.333. The molecule has 1 amide bonds. The number of carbonyl (C=O) groups is 2. The van der Waals surface area contributed by atoms with Crippen molar-refractivity contribution < 1.29 is 18.7 Å². The number of hydrogen-bond donors (Lipinski definition) is 1. The van der Waals surface area contributed by atoms with E-state index in [2.05, 4.69) is 11.8 Å². The van der Waals surface area contributed by atoms with E-state index in [1.54, 1.807) is 12.1 Å². The zero-order valence-corrected chi connectivity index (χ0v) is 14.7. The molecule has 26 heavy (non-hydrogen) atoms. The molecule has 2 atom stereocenters. The highest BCUT2D eigenvalue weighted by molar-refractivity contribution is 5.87. The van der Waals surface area contributed by atoms with E-state index < -0.39 is 11.6 Å². The van der Waals surface area contributed by atoms with Crippen LogP contribution in [0.15, 0.2) is 47.1 Å². The number of amides is 1. The van der Waals surface area contributed by atoms with Crippen LogP contribution in [0.3, 0.4) is 0 Å². The lowest BCUT2D eigenvalue weighted by Crippen LogP contribution is -2.42. The lowest BCUT2D eigenvalue weighted by atomic mass is 9.77. The van der Waals surface area contributed by atoms with Crippen molar-refractivity contribution in [2.24, 2.45) is 11.7 Å². The van der Waals surface area contributed by atoms with Crippen molar-refractivity contribution >= 4 is 11.9 Å². The molecule has 1 aromatic carbocycles. The number of nitrogens with two attached hydrogens (primary N) is 1. The molecule has 0 bridgehead atoms. The van der Waals surface area contributed by atoms with Crippen LogP contribution in [0, 0.1) is 24.7 Å². The summed E-state index contributed by atoms with van der Waals surface area (Å²) in [7, 11) is 0. The fourth-order valence-electron chi connectivity index (χ4n) is 3.24. The second-order valence-corrected chi connectivity index (χ2v) is 6.68. The van der Waals surface area contributed by atoms with Gasteiger partial charge < -0.3 is 14.9 Å². The highest BCUT2D eigenvalue weighted by Gasteiger charge is 2.41. The Morgan fingerprint density at radius 3 is 2.85 bits per heavy atom. The van der Waals surface area contributed by atoms with Crippen molar-refractivity contribution in [2.75, 3.05) is 0 Å². The highest BCUT2D eigenvalue weighted by Crippen LogP contribution is 2.36. The van der Waals surface area contributed by atoms with Crippen LogP contribution < -0.4 is 5.73 Å². The first-order chi connectivity index (χ1) is 12.5. The number of esters is 1. The molecule has 1 fully saturated rings. The lowest BCUT2D eigenvalue weighted by Gasteiger charge is -2.35. The van der Waals surface area contributed by atoms with Gasteiger partial charge in [-0.1, -0.05) is 18.1 Å². The molecule has 0 radical (unpaired) electrons. The molecule has 0 saturated heterocycles. The number of benzene rings is 1. The summed E-state index contributed by atoms with van der Waals surface area (Å²) in [6.45, 7) is 1.99. The first-order valence-corrected chi connectivity index (χ1v) is 8.63. The second-order valence-electron chi connectivity index (χ2n) is 6.68. The van der Waals surface area contributed by atoms with Crippen LogP contribution in [0.2, 0.25) is 0 Å². The number of furan rings is 1. The van der Waals surface area contributed by atoms with Gasteiger partial charge in [-0.05, 0) is 61.9 Å². The Morgan fingerprint density at radius 2 is 2.15 bits per heavy atom. The Kier molecular flexibility index (Phi) is 5.13. The number of primary amides is 1. The minimum Gasteiger partial charge on any atom is -0.457 e. The Hall–Kier alpha value is -3.00. The minimum absolute atomic E-state index is 0.114. The quantitative estimate of drug-likeness (QED) is 0.680. The molecule has 0 aliphatic heterocycles. The van der Waals surface area contributed by atoms with E-state index in [1.165, 1.54) is 6.26 Å². The molecule has 1 aliphatic rings. The predicted octanol–water partition coefficient (Wildman–Crippen LogP) is 3.21. The molecule has 0 spiro atoms. The van der Waals surface area contributed by atoms with Crippen LogP contribution >= 0.6 is 0 Å². The van der Waals surface area contributed by atoms with Crippen LogP contribution in [0.25, 0.3) is 0 Å². The van der Waals surface area contributed by atoms with Gasteiger partial charge in [-0.25, -0.2) is 4.79 Å². The van der Waals surface area contributed by atoms with E-state index in [4.69, 9.17) is 14.9 Å². The van der Waals surface area contributed by atoms with E-state index in [-0.39, 0.29) is 17.6 Å². The molecule has 2 N–H and O–H groups in total. The summed E-state index contributed by atoms with van der Waals surface area (Å²) in [5, 5.41) is 0. The minimum atomic E-state index is -1.05. The van der Waals surface area contributed by atoms with E-state index >= 15 is 0 Å². The molecule has 134 valence electrons. The third kappa shape index (κ3) is 4.15. The number of carbonyl (C=O) groups excluding carboxylic acids is 2. The van der Waals surface area contributed by atoms with Gasteiger partial charge in [0, 0.05) is 17.9 Å². The Balaban J connectivity index is 1.91. The van der Waals surface area contributed by atoms with Crippen LogP contribution in [0.1, 0.15) is 47.4 Å². The van der Waals surface area contributed by atoms with Crippen molar-refractivity contribution in [1.29, 1.82) is 0 Å². The normalized spacial score (nSPS) is 22.1. The Morgan fingerprint density at radius 1 is 1.31 bits per heavy atom. The molecule has 1 aliphatic carbocycles. The summed E-state index contributed by atoms with van der Waals surface area (Å²) in [5.74, 6) is 4.99. The average molecular weight is 351 g/mol. The van der Waals surface area contributed by atoms with Crippen molar-refractivity contribution in [3.63, 3.8) is 0 Å². The van der Waals surface area contributed by atoms with E-state index in [0.29, 0.717) is 25.7 Å². The lowest BCUT2D eigenvalue weighted by molar-refractivity contribution is -0.125. The van der Waals surface area contributed by atoms with Gasteiger partial charge in [0.15, 0.2) is 5.60 Å². The van der Waals surface area contributed by atoms with Gasteiger partial charge in [0.1, 0.15) is 0 Å². The first-order valence-electron chi connectivity index (χ1n) is 8.63. The summed E-state index contributed by atoms with van der Waals surface area (Å²) in [4.78, 5) is 24.1. The summed E-state index contributed by atoms with van der Waals surface area (Å²) < 4.78 is 10.9. The molecular weight excluding hydrogens is 330 g/mol. The van der Waals surface area contributed by atoms with Gasteiger partial charge >= 0.3 is 5.97 Å². The Bertz CT molecular complexity index is 860. The van der Waals surface area contributed by atoms with Crippen LogP contribution in [0.5, 0.6) is 0 Å². The molecule has 5 heteroatoms. The van der Waals surface area contributed by atoms with Crippen LogP contribution in [-0.4, -0.2) is 17.5 Å². The van der Waals surface area contributed by atoms with Crippen molar-refractivity contribution in [3.05, 3.63) is 59.5 Å². The van der Waals surface area contributed by atoms with Gasteiger partial charge in [-0.2, -0.15) is 0 Å². The number of aryl methyl sites for hydroxylation is 1. The standard InChI is InChI=1S/C21H21NO4/c1-15-5-2-6-16(13-15)9-11-21(10-3-7-17(14-21)19(22)23)26-20(24)18-8-4-12-25-18/h2,4-6,8,12-13,17H,3,7,10,14H2,1H3,(H2,22,23)/t17-,21+/m0/s1. The molecule has 2 aromatic rings. The third-order valence-corrected chi connectivity index (χ3v) is 4.57. The van der Waals surface area contributed by atoms with Crippen molar-refractivity contribution in [1.82, 2.24) is 0 Å². The molecule has 1 saturated carbocycles. The summed E-state index contributed by atoms with van der Waals surface area (Å²) in [6.07, 6.45) is 3.66. The van der Waals surface area contributed by atoms with Gasteiger partial charge in [-0.15, -0.1) is 0 Å². The smallest absolute Gasteiger partial charge is 0.375 e. The van der Waals surface area contributed by atoms with E-state index in [9.17, 15) is 9.59 Å². The largest absolute Gasteiger partial charge is 0.457 e. The molecule has 5 nitrogen and oxygen atoms in total. The van der Waals surface area contributed by atoms with Gasteiger partial charge in [0.05, 0.1) is 6.26 Å². The fourth-order valence-corrected chi connectivity index (χ4v) is 3.24. The van der Waals surface area contributed by atoms with E-state index in [1.807, 2.05) is 31.2 Å². The van der Waals surface area contributed by atoms with Gasteiger partial charge in [0.25, 0.3) is 0 Å². The first kappa shape index (κ1) is 17.8. The SMILES string of the molecule is Cc1cccc(C#C[C@]2(OC(=O)c3ccco3)CCC[C@H](C(N)=O)C2)c1. The molecule has 1 aromatic heterocycles. The van der Waals surface area contributed by atoms with Gasteiger partial charge in [-0.3, -0.25) is 4.79 Å². The maximum atomic E-state index is 12.4. The summed E-state index contributed by atoms with van der Waals surface area (Å²) >= 11 is 0. The molecule has 1 heterocycles. The maximum Gasteiger partial charge on any atom is 0.375 e. The van der Waals surface area contributed by atoms with Gasteiger partial charge in [0.2, 0.25) is 11.7 Å². The van der Waals surface area contributed by atoms with E-state index in [0.717, 1.165) is 11.1 Å². The Labute approximate surface area is 152 Å². The third-order valence-electron chi connectivity index (χ3n) is 4.57. The number of hydrogen-bond acceptors (Lipinski definition) is 4. The predicted molar refractivity (Wildman–Crippen MR) is 96.1 cm³/mol. The van der Waals surface area contributed by atoms with Crippen LogP contribution in [-0.2, 0) is 9.53 Å². The average Bonchev–Trinajstić information content (AvgIpc) is 3.15. The highest BCUT2D eigenvalue weighted by atomic mass is 16.6. The zero-order valence-electron chi connectivity index (χ0n) is 14.7. The maximum absolute atomic E-state index is 12.4. The van der Waals surface area contributed by atoms with Crippen molar-refractivity contribution in [3.8, 4) is 11.8 Å². The monoisotopic (exact) mass is 351 g/mol. The van der Waals surface area contributed by atoms with Crippen molar-refractivity contribution in [2.45, 2.75) is 38.2 Å².